The van der Waals surface area contributed by atoms with E-state index in [0.717, 1.165) is 15.3 Å². The van der Waals surface area contributed by atoms with Crippen LogP contribution in [0.25, 0.3) is 0 Å². The first-order chi connectivity index (χ1) is 15.7. The van der Waals surface area contributed by atoms with Crippen molar-refractivity contribution in [3.8, 4) is 0 Å². The number of likely N-dealkylation sites (tertiary alicyclic amines) is 1. The lowest BCUT2D eigenvalue weighted by atomic mass is 10.1. The van der Waals surface area contributed by atoms with E-state index >= 15 is 0 Å². The fourth-order valence-corrected chi connectivity index (χ4v) is 4.40. The number of hydrogen-bond donors (Lipinski definition) is 3. The molecule has 0 saturated carbocycles. The number of likely N-dealkylation sites (N-methyl/N-ethyl adjacent to an activating group) is 1. The smallest absolute Gasteiger partial charge is 0.414 e. The summed E-state index contributed by atoms with van der Waals surface area (Å²) in [7, 11) is 0.0887. The van der Waals surface area contributed by atoms with Crippen molar-refractivity contribution in [2.75, 3.05) is 47.3 Å². The summed E-state index contributed by atoms with van der Waals surface area (Å²) in [5, 5.41) is 35.7. The number of aliphatic hydroxyl groups excluding tert-OH is 1. The number of hydrogen-bond acceptors (Lipinski definition) is 9. The maximum Gasteiger partial charge on any atom is 0.414 e. The number of piperidine rings is 1. The van der Waals surface area contributed by atoms with E-state index in [2.05, 4.69) is 4.90 Å². The van der Waals surface area contributed by atoms with Crippen LogP contribution in [0.1, 0.15) is 23.2 Å². The summed E-state index contributed by atoms with van der Waals surface area (Å²) >= 11 is 0. The van der Waals surface area contributed by atoms with Crippen molar-refractivity contribution >= 4 is 33.6 Å². The second kappa shape index (κ2) is 12.4. The third-order valence-electron chi connectivity index (χ3n) is 4.98. The van der Waals surface area contributed by atoms with Crippen LogP contribution < -0.4 is 0 Å². The van der Waals surface area contributed by atoms with Crippen LogP contribution in [0.3, 0.4) is 0 Å². The van der Waals surface area contributed by atoms with Gasteiger partial charge < -0.3 is 25.1 Å². The molecule has 14 nitrogen and oxygen atoms in total. The van der Waals surface area contributed by atoms with E-state index < -0.39 is 44.0 Å². The molecule has 0 aromatic heterocycles. The highest BCUT2D eigenvalue weighted by atomic mass is 32.2. The molecule has 0 radical (unpaired) electrons. The highest BCUT2D eigenvalue weighted by molar-refractivity contribution is 7.89. The van der Waals surface area contributed by atoms with E-state index in [1.54, 1.807) is 0 Å². The van der Waals surface area contributed by atoms with Gasteiger partial charge in [-0.15, -0.1) is 0 Å². The van der Waals surface area contributed by atoms with Crippen molar-refractivity contribution in [3.63, 3.8) is 0 Å². The third-order valence-corrected chi connectivity index (χ3v) is 6.88. The number of nitro benzene ring substituents is 1. The Hall–Kier alpha value is -3.14. The molecule has 2 rings (SSSR count). The number of sulfonamides is 1. The van der Waals surface area contributed by atoms with Gasteiger partial charge in [-0.3, -0.25) is 14.9 Å². The number of aliphatic hydroxyl groups is 1. The highest BCUT2D eigenvalue weighted by Crippen LogP contribution is 2.28. The Morgan fingerprint density at radius 1 is 1.12 bits per heavy atom. The number of rotatable bonds is 7. The molecule has 1 saturated heterocycles. The lowest BCUT2D eigenvalue weighted by Gasteiger charge is -2.30. The van der Waals surface area contributed by atoms with Gasteiger partial charge in [0.25, 0.3) is 11.6 Å². The number of amides is 1. The van der Waals surface area contributed by atoms with Crippen LogP contribution in [0.2, 0.25) is 0 Å². The summed E-state index contributed by atoms with van der Waals surface area (Å²) < 4.78 is 27.2. The van der Waals surface area contributed by atoms with E-state index in [4.69, 9.17) is 19.8 Å². The van der Waals surface area contributed by atoms with Crippen molar-refractivity contribution in [1.29, 1.82) is 0 Å². The van der Waals surface area contributed by atoms with Gasteiger partial charge in [0.05, 0.1) is 11.0 Å². The van der Waals surface area contributed by atoms with Gasteiger partial charge in [-0.25, -0.2) is 18.0 Å². The third kappa shape index (κ3) is 7.72. The van der Waals surface area contributed by atoms with Crippen molar-refractivity contribution in [3.05, 3.63) is 33.9 Å². The molecular weight excluding hydrogens is 476 g/mol. The first-order valence-electron chi connectivity index (χ1n) is 10.0. The Morgan fingerprint density at radius 2 is 1.65 bits per heavy atom. The summed E-state index contributed by atoms with van der Waals surface area (Å²) in [4.78, 5) is 44.1. The predicted molar refractivity (Wildman–Crippen MR) is 118 cm³/mol. The minimum absolute atomic E-state index is 0.163. The predicted octanol–water partition coefficient (Wildman–Crippen LogP) is -0.471. The number of aliphatic carboxylic acids is 2. The zero-order valence-corrected chi connectivity index (χ0v) is 19.8. The molecule has 34 heavy (non-hydrogen) atoms. The standard InChI is InChI=1S/C17H26N4O6S.C2H2O4/c1-18(2)17(23)16-14(21(24)25)5-4-6-15(16)28(26,27)19(3)11-12-20-9-7-13(22)8-10-20;3-1(4)2(5)6/h4-6,13,22H,7-12H2,1-3H3;(H,3,4)(H,5,6). The van der Waals surface area contributed by atoms with Crippen molar-refractivity contribution < 1.29 is 43.0 Å². The molecule has 1 aliphatic heterocycles. The molecule has 190 valence electrons. The number of nitro groups is 1. The molecule has 0 spiro atoms. The maximum atomic E-state index is 13.1. The van der Waals surface area contributed by atoms with E-state index in [1.165, 1.54) is 33.3 Å². The van der Waals surface area contributed by atoms with Gasteiger partial charge in [0, 0.05) is 53.4 Å². The Balaban J connectivity index is 0.000000852. The summed E-state index contributed by atoms with van der Waals surface area (Å²) in [6.07, 6.45) is 0.966. The average molecular weight is 505 g/mol. The average Bonchev–Trinajstić information content (AvgIpc) is 2.77. The summed E-state index contributed by atoms with van der Waals surface area (Å²) in [6, 6.07) is 3.60. The number of carboxylic acid groups (broad SMARTS) is 2. The molecule has 1 heterocycles. The Morgan fingerprint density at radius 3 is 2.09 bits per heavy atom. The first kappa shape index (κ1) is 28.9. The van der Waals surface area contributed by atoms with Crippen LogP contribution in [-0.4, -0.2) is 114 Å². The molecule has 15 heteroatoms. The van der Waals surface area contributed by atoms with Crippen LogP contribution in [0.5, 0.6) is 0 Å². The van der Waals surface area contributed by atoms with Crippen molar-refractivity contribution in [2.45, 2.75) is 23.8 Å². The summed E-state index contributed by atoms with van der Waals surface area (Å²) in [6.45, 7) is 1.98. The van der Waals surface area contributed by atoms with Gasteiger partial charge in [0.1, 0.15) is 10.5 Å². The Kier molecular flexibility index (Phi) is 10.5. The Bertz CT molecular complexity index is 1010. The number of benzene rings is 1. The second-order valence-corrected chi connectivity index (χ2v) is 9.63. The van der Waals surface area contributed by atoms with Crippen LogP contribution in [0.4, 0.5) is 5.69 Å². The molecule has 0 bridgehead atoms. The fraction of sp³-hybridized carbons (Fsp3) is 0.526. The summed E-state index contributed by atoms with van der Waals surface area (Å²) in [5.41, 5.74) is -0.983. The highest BCUT2D eigenvalue weighted by Gasteiger charge is 2.33. The van der Waals surface area contributed by atoms with Gasteiger partial charge in [0.2, 0.25) is 10.0 Å². The van der Waals surface area contributed by atoms with Gasteiger partial charge in [0.15, 0.2) is 0 Å². The fourth-order valence-electron chi connectivity index (χ4n) is 3.04. The molecule has 0 aliphatic carbocycles. The van der Waals surface area contributed by atoms with Crippen molar-refractivity contribution in [2.24, 2.45) is 0 Å². The first-order valence-corrected chi connectivity index (χ1v) is 11.5. The molecule has 3 N–H and O–H groups in total. The second-order valence-electron chi connectivity index (χ2n) is 7.62. The van der Waals surface area contributed by atoms with E-state index in [-0.39, 0.29) is 17.5 Å². The van der Waals surface area contributed by atoms with Gasteiger partial charge in [-0.05, 0) is 18.9 Å². The quantitative estimate of drug-likeness (QED) is 0.246. The molecule has 1 amide bonds. The van der Waals surface area contributed by atoms with Crippen LogP contribution in [0.15, 0.2) is 23.1 Å². The number of carbonyl (C=O) groups is 3. The van der Waals surface area contributed by atoms with Gasteiger partial charge in [-0.2, -0.15) is 4.31 Å². The van der Waals surface area contributed by atoms with E-state index in [9.17, 15) is 28.4 Å². The largest absolute Gasteiger partial charge is 0.473 e. The molecule has 0 atom stereocenters. The molecule has 1 aromatic rings. The zero-order valence-electron chi connectivity index (χ0n) is 18.9. The van der Waals surface area contributed by atoms with Crippen LogP contribution >= 0.6 is 0 Å². The molecule has 0 unspecified atom stereocenters. The maximum absolute atomic E-state index is 13.1. The summed E-state index contributed by atoms with van der Waals surface area (Å²) in [5.74, 6) is -4.39. The molecule has 1 fully saturated rings. The molecular formula is C19H28N4O10S. The minimum atomic E-state index is -4.11. The normalized spacial score (nSPS) is 14.7. The SMILES string of the molecule is CN(C)C(=O)c1c([N+](=O)[O-])cccc1S(=O)(=O)N(C)CCN1CCC(O)CC1.O=C(O)C(=O)O. The number of carboxylic acids is 2. The molecule has 1 aliphatic rings. The lowest BCUT2D eigenvalue weighted by Crippen LogP contribution is -2.41. The Labute approximate surface area is 196 Å². The van der Waals surface area contributed by atoms with Crippen LogP contribution in [0, 0.1) is 10.1 Å². The van der Waals surface area contributed by atoms with Gasteiger partial charge >= 0.3 is 11.9 Å². The van der Waals surface area contributed by atoms with Gasteiger partial charge in [-0.1, -0.05) is 6.07 Å². The number of nitrogens with zero attached hydrogens (tertiary/aromatic N) is 4. The molecule has 1 aromatic carbocycles. The topological polar surface area (TPSA) is 199 Å². The number of carbonyl (C=O) groups excluding carboxylic acids is 1. The monoisotopic (exact) mass is 504 g/mol. The van der Waals surface area contributed by atoms with Crippen molar-refractivity contribution in [1.82, 2.24) is 14.1 Å². The zero-order chi connectivity index (χ0) is 26.2. The van der Waals surface area contributed by atoms with E-state index in [0.29, 0.717) is 32.5 Å². The van der Waals surface area contributed by atoms with Crippen LogP contribution in [-0.2, 0) is 19.6 Å². The van der Waals surface area contributed by atoms with E-state index in [1.807, 2.05) is 0 Å². The lowest BCUT2D eigenvalue weighted by molar-refractivity contribution is -0.385. The minimum Gasteiger partial charge on any atom is -0.473 e.